The highest BCUT2D eigenvalue weighted by Gasteiger charge is 2.30. The Balaban J connectivity index is 1.83. The zero-order chi connectivity index (χ0) is 18.4. The number of carbonyl (C=O) groups excluding carboxylic acids is 2. The molecule has 0 aliphatic carbocycles. The number of anilines is 1. The Kier molecular flexibility index (Phi) is 5.81. The third-order valence-corrected chi connectivity index (χ3v) is 3.23. The molecule has 1 aromatic carbocycles. The summed E-state index contributed by atoms with van der Waals surface area (Å²) in [6.45, 7) is -0.0172. The van der Waals surface area contributed by atoms with E-state index in [-0.39, 0.29) is 18.7 Å². The van der Waals surface area contributed by atoms with Gasteiger partial charge in [0.25, 0.3) is 0 Å². The first-order valence-corrected chi connectivity index (χ1v) is 7.25. The third kappa shape index (κ3) is 5.35. The molecule has 0 aliphatic rings. The maximum Gasteiger partial charge on any atom is 0.416 e. The van der Waals surface area contributed by atoms with Gasteiger partial charge in [-0.25, -0.2) is 0 Å². The molecule has 1 aromatic heterocycles. The van der Waals surface area contributed by atoms with Crippen molar-refractivity contribution in [3.05, 3.63) is 54.0 Å². The minimum Gasteiger partial charge on any atom is -0.467 e. The van der Waals surface area contributed by atoms with Crippen LogP contribution in [-0.4, -0.2) is 23.5 Å². The van der Waals surface area contributed by atoms with Crippen molar-refractivity contribution >= 4 is 17.5 Å². The number of hydrogen-bond donors (Lipinski definition) is 3. The Bertz CT molecular complexity index is 729. The predicted octanol–water partition coefficient (Wildman–Crippen LogP) is 2.48. The van der Waals surface area contributed by atoms with E-state index in [1.807, 2.05) is 0 Å². The van der Waals surface area contributed by atoms with Crippen LogP contribution in [-0.2, 0) is 15.8 Å². The van der Waals surface area contributed by atoms with Crippen LogP contribution in [0.2, 0.25) is 0 Å². The van der Waals surface area contributed by atoms with Crippen LogP contribution in [0.3, 0.4) is 0 Å². The van der Waals surface area contributed by atoms with Gasteiger partial charge in [0.1, 0.15) is 11.9 Å². The number of hydrogen-bond acceptors (Lipinski definition) is 4. The van der Waals surface area contributed by atoms with Gasteiger partial charge >= 0.3 is 18.0 Å². The van der Waals surface area contributed by atoms with Crippen molar-refractivity contribution in [1.29, 1.82) is 0 Å². The van der Waals surface area contributed by atoms with Crippen LogP contribution in [0.15, 0.2) is 47.1 Å². The lowest BCUT2D eigenvalue weighted by atomic mass is 10.2. The Hall–Kier alpha value is -2.81. The van der Waals surface area contributed by atoms with Gasteiger partial charge in [-0.1, -0.05) is 6.07 Å². The summed E-state index contributed by atoms with van der Waals surface area (Å²) in [5.74, 6) is -1.81. The molecule has 1 atom stereocenters. The third-order valence-electron chi connectivity index (χ3n) is 3.23. The molecule has 25 heavy (non-hydrogen) atoms. The average Bonchev–Trinajstić information content (AvgIpc) is 3.08. The normalized spacial score (nSPS) is 12.5. The Morgan fingerprint density at radius 1 is 1.16 bits per heavy atom. The van der Waals surface area contributed by atoms with Crippen molar-refractivity contribution in [2.24, 2.45) is 0 Å². The lowest BCUT2D eigenvalue weighted by Crippen LogP contribution is -2.36. The fraction of sp³-hybridized carbons (Fsp3) is 0.250. The molecule has 3 N–H and O–H groups in total. The minimum absolute atomic E-state index is 0.0172. The maximum absolute atomic E-state index is 12.6. The molecule has 0 bridgehead atoms. The van der Waals surface area contributed by atoms with Crippen LogP contribution in [0, 0.1) is 0 Å². The second kappa shape index (κ2) is 7.84. The highest BCUT2D eigenvalue weighted by atomic mass is 19.4. The fourth-order valence-corrected chi connectivity index (χ4v) is 1.99. The topological polar surface area (TPSA) is 91.6 Å². The van der Waals surface area contributed by atoms with E-state index < -0.39 is 29.7 Å². The quantitative estimate of drug-likeness (QED) is 0.718. The van der Waals surface area contributed by atoms with Gasteiger partial charge in [-0.05, 0) is 36.8 Å². The van der Waals surface area contributed by atoms with E-state index in [1.54, 1.807) is 12.1 Å². The van der Waals surface area contributed by atoms with Crippen LogP contribution in [0.1, 0.15) is 23.8 Å². The van der Waals surface area contributed by atoms with Gasteiger partial charge in [0, 0.05) is 12.2 Å². The predicted molar refractivity (Wildman–Crippen MR) is 81.4 cm³/mol. The molecule has 0 spiro atoms. The highest BCUT2D eigenvalue weighted by Crippen LogP contribution is 2.30. The van der Waals surface area contributed by atoms with Crippen molar-refractivity contribution in [3.63, 3.8) is 0 Å². The van der Waals surface area contributed by atoms with E-state index in [4.69, 9.17) is 4.42 Å². The van der Waals surface area contributed by atoms with Crippen molar-refractivity contribution in [3.8, 4) is 0 Å². The van der Waals surface area contributed by atoms with Crippen molar-refractivity contribution < 1.29 is 32.3 Å². The Labute approximate surface area is 140 Å². The molecule has 2 aromatic rings. The summed E-state index contributed by atoms with van der Waals surface area (Å²) in [6.07, 6.45) is -4.00. The molecule has 0 saturated heterocycles. The van der Waals surface area contributed by atoms with Crippen LogP contribution < -0.4 is 10.6 Å². The number of aliphatic hydroxyl groups is 1. The number of amides is 2. The zero-order valence-corrected chi connectivity index (χ0v) is 12.8. The summed E-state index contributed by atoms with van der Waals surface area (Å²) in [7, 11) is 0. The molecule has 6 nitrogen and oxygen atoms in total. The molecule has 0 saturated carbocycles. The summed E-state index contributed by atoms with van der Waals surface area (Å²) >= 11 is 0. The number of aliphatic hydroxyl groups excluding tert-OH is 1. The number of alkyl halides is 3. The summed E-state index contributed by atoms with van der Waals surface area (Å²) in [6, 6.07) is 7.10. The number of halogens is 3. The van der Waals surface area contributed by atoms with Crippen LogP contribution in [0.4, 0.5) is 18.9 Å². The van der Waals surface area contributed by atoms with Gasteiger partial charge in [0.15, 0.2) is 0 Å². The smallest absolute Gasteiger partial charge is 0.416 e. The average molecular weight is 356 g/mol. The molecular formula is C16H15F3N2O4. The van der Waals surface area contributed by atoms with E-state index in [0.717, 1.165) is 18.2 Å². The lowest BCUT2D eigenvalue weighted by Gasteiger charge is -2.11. The maximum atomic E-state index is 12.6. The van der Waals surface area contributed by atoms with E-state index in [9.17, 15) is 27.9 Å². The second-order valence-corrected chi connectivity index (χ2v) is 5.11. The second-order valence-electron chi connectivity index (χ2n) is 5.11. The first kappa shape index (κ1) is 18.5. The molecular weight excluding hydrogens is 341 g/mol. The number of rotatable bonds is 5. The summed E-state index contributed by atoms with van der Waals surface area (Å²) in [5, 5.41) is 14.1. The highest BCUT2D eigenvalue weighted by molar-refractivity contribution is 6.39. The number of benzene rings is 1. The Morgan fingerprint density at radius 3 is 2.56 bits per heavy atom. The Morgan fingerprint density at radius 2 is 1.92 bits per heavy atom. The van der Waals surface area contributed by atoms with Crippen molar-refractivity contribution in [2.45, 2.75) is 18.7 Å². The summed E-state index contributed by atoms with van der Waals surface area (Å²) < 4.78 is 42.8. The minimum atomic E-state index is -4.55. The van der Waals surface area contributed by atoms with Gasteiger partial charge in [-0.3, -0.25) is 9.59 Å². The van der Waals surface area contributed by atoms with Crippen LogP contribution in [0.5, 0.6) is 0 Å². The van der Waals surface area contributed by atoms with Crippen molar-refractivity contribution in [2.75, 3.05) is 11.9 Å². The standard InChI is InChI=1S/C16H15F3N2O4/c17-16(18,19)10-3-1-4-11(9-10)21-15(24)14(23)20-7-6-12(22)13-5-2-8-25-13/h1-5,8-9,12,22H,6-7H2,(H,20,23)(H,21,24). The number of furan rings is 1. The first-order chi connectivity index (χ1) is 11.8. The molecule has 9 heteroatoms. The monoisotopic (exact) mass is 356 g/mol. The molecule has 0 fully saturated rings. The van der Waals surface area contributed by atoms with Gasteiger partial charge in [0.05, 0.1) is 11.8 Å². The number of nitrogens with one attached hydrogen (secondary N) is 2. The zero-order valence-electron chi connectivity index (χ0n) is 12.8. The molecule has 2 rings (SSSR count). The summed E-state index contributed by atoms with van der Waals surface area (Å²) in [4.78, 5) is 23.3. The van der Waals surface area contributed by atoms with Gasteiger partial charge in [0.2, 0.25) is 0 Å². The molecule has 0 radical (unpaired) electrons. The SMILES string of the molecule is O=C(NCCC(O)c1ccco1)C(=O)Nc1cccc(C(F)(F)F)c1. The molecule has 1 unspecified atom stereocenters. The van der Waals surface area contributed by atoms with E-state index in [1.165, 1.54) is 12.3 Å². The first-order valence-electron chi connectivity index (χ1n) is 7.25. The van der Waals surface area contributed by atoms with E-state index in [2.05, 4.69) is 10.6 Å². The van der Waals surface area contributed by atoms with Crippen LogP contribution in [0.25, 0.3) is 0 Å². The number of carbonyl (C=O) groups is 2. The molecule has 0 aliphatic heterocycles. The fourth-order valence-electron chi connectivity index (χ4n) is 1.99. The summed E-state index contributed by atoms with van der Waals surface area (Å²) in [5.41, 5.74) is -1.09. The van der Waals surface area contributed by atoms with E-state index >= 15 is 0 Å². The molecule has 2 amide bonds. The van der Waals surface area contributed by atoms with Crippen molar-refractivity contribution in [1.82, 2.24) is 5.32 Å². The largest absolute Gasteiger partial charge is 0.467 e. The lowest BCUT2D eigenvalue weighted by molar-refractivity contribution is -0.137. The van der Waals surface area contributed by atoms with E-state index in [0.29, 0.717) is 5.76 Å². The van der Waals surface area contributed by atoms with Gasteiger partial charge in [-0.2, -0.15) is 13.2 Å². The molecule has 134 valence electrons. The van der Waals surface area contributed by atoms with Gasteiger partial charge in [-0.15, -0.1) is 0 Å². The van der Waals surface area contributed by atoms with Crippen LogP contribution >= 0.6 is 0 Å². The molecule has 1 heterocycles. The van der Waals surface area contributed by atoms with Gasteiger partial charge < -0.3 is 20.2 Å².